The maximum Gasteiger partial charge on any atom is 0.191 e. The van der Waals surface area contributed by atoms with E-state index >= 15 is 0 Å². The number of halogens is 1. The first-order chi connectivity index (χ1) is 10.7. The van der Waals surface area contributed by atoms with Crippen LogP contribution in [0.1, 0.15) is 45.3 Å². The Morgan fingerprint density at radius 1 is 1.48 bits per heavy atom. The number of rotatable bonds is 7. The maximum absolute atomic E-state index is 5.37. The first-order valence-corrected chi connectivity index (χ1v) is 9.62. The van der Waals surface area contributed by atoms with Crippen LogP contribution >= 0.6 is 35.7 Å². The van der Waals surface area contributed by atoms with E-state index in [-0.39, 0.29) is 24.0 Å². The van der Waals surface area contributed by atoms with Gasteiger partial charge in [0.15, 0.2) is 5.96 Å². The molecule has 1 aromatic rings. The lowest BCUT2D eigenvalue weighted by Crippen LogP contribution is -2.46. The Bertz CT molecular complexity index is 453. The number of nitrogens with zero attached hydrogens (tertiary/aromatic N) is 1. The fraction of sp³-hybridized carbons (Fsp3) is 0.706. The Kier molecular flexibility index (Phi) is 10.1. The zero-order valence-corrected chi connectivity index (χ0v) is 17.5. The molecule has 1 aliphatic rings. The van der Waals surface area contributed by atoms with Crippen molar-refractivity contribution >= 4 is 41.7 Å². The molecule has 3 atom stereocenters. The van der Waals surface area contributed by atoms with Gasteiger partial charge >= 0.3 is 0 Å². The van der Waals surface area contributed by atoms with E-state index in [4.69, 9.17) is 9.41 Å². The zero-order chi connectivity index (χ0) is 15.8. The van der Waals surface area contributed by atoms with Crippen LogP contribution in [-0.2, 0) is 6.42 Å². The fourth-order valence-corrected chi connectivity index (χ4v) is 3.48. The Labute approximate surface area is 161 Å². The SMILES string of the molecule is CCC(C)NC(=NCCc1ccco1)NC1CCC(SC)C1.I. The fourth-order valence-electron chi connectivity index (χ4n) is 2.68. The predicted molar refractivity (Wildman–Crippen MR) is 111 cm³/mol. The molecule has 2 N–H and O–H groups in total. The minimum Gasteiger partial charge on any atom is -0.469 e. The number of furan rings is 1. The third-order valence-corrected chi connectivity index (χ3v) is 5.36. The summed E-state index contributed by atoms with van der Waals surface area (Å²) in [6, 6.07) is 4.92. The standard InChI is InChI=1S/C17H29N3OS.HI/c1-4-13(2)19-17(18-10-9-15-6-5-11-21-15)20-14-7-8-16(12-14)22-3;/h5-6,11,13-14,16H,4,7-10,12H2,1-3H3,(H2,18,19,20);1H. The lowest BCUT2D eigenvalue weighted by molar-refractivity contribution is 0.510. The Balaban J connectivity index is 0.00000264. The normalized spacial score (nSPS) is 22.5. The molecule has 6 heteroatoms. The Morgan fingerprint density at radius 2 is 2.30 bits per heavy atom. The molecule has 0 saturated heterocycles. The molecular formula is C17H30IN3OS. The molecule has 1 fully saturated rings. The largest absolute Gasteiger partial charge is 0.469 e. The van der Waals surface area contributed by atoms with E-state index in [2.05, 4.69) is 30.7 Å². The van der Waals surface area contributed by atoms with Gasteiger partial charge in [-0.2, -0.15) is 11.8 Å². The topological polar surface area (TPSA) is 49.6 Å². The molecule has 2 rings (SSSR count). The summed E-state index contributed by atoms with van der Waals surface area (Å²) < 4.78 is 5.37. The number of hydrogen-bond acceptors (Lipinski definition) is 3. The van der Waals surface area contributed by atoms with Gasteiger partial charge in [0, 0.05) is 30.3 Å². The maximum atomic E-state index is 5.37. The third kappa shape index (κ3) is 7.37. The van der Waals surface area contributed by atoms with Gasteiger partial charge < -0.3 is 15.1 Å². The summed E-state index contributed by atoms with van der Waals surface area (Å²) in [5, 5.41) is 7.93. The molecule has 23 heavy (non-hydrogen) atoms. The molecule has 0 aliphatic heterocycles. The van der Waals surface area contributed by atoms with Crippen LogP contribution in [0.4, 0.5) is 0 Å². The molecule has 1 heterocycles. The lowest BCUT2D eigenvalue weighted by atomic mass is 10.2. The molecule has 132 valence electrons. The smallest absolute Gasteiger partial charge is 0.191 e. The van der Waals surface area contributed by atoms with E-state index < -0.39 is 0 Å². The Hall–Kier alpha value is -0.370. The highest BCUT2D eigenvalue weighted by Gasteiger charge is 2.24. The van der Waals surface area contributed by atoms with E-state index in [0.717, 1.165) is 36.4 Å². The third-order valence-electron chi connectivity index (χ3n) is 4.26. The number of guanidine groups is 1. The van der Waals surface area contributed by atoms with Gasteiger partial charge in [-0.25, -0.2) is 0 Å². The van der Waals surface area contributed by atoms with Crippen molar-refractivity contribution in [3.63, 3.8) is 0 Å². The molecule has 1 aromatic heterocycles. The van der Waals surface area contributed by atoms with Crippen LogP contribution in [0.3, 0.4) is 0 Å². The van der Waals surface area contributed by atoms with Crippen LogP contribution in [0, 0.1) is 0 Å². The molecule has 0 amide bonds. The van der Waals surface area contributed by atoms with Crippen LogP contribution in [0.5, 0.6) is 0 Å². The summed E-state index contributed by atoms with van der Waals surface area (Å²) in [5.74, 6) is 1.95. The van der Waals surface area contributed by atoms with Gasteiger partial charge in [-0.05, 0) is 51.0 Å². The quantitative estimate of drug-likeness (QED) is 0.373. The molecule has 3 unspecified atom stereocenters. The average Bonchev–Trinajstić information content (AvgIpc) is 3.18. The van der Waals surface area contributed by atoms with Crippen LogP contribution < -0.4 is 10.6 Å². The second-order valence-electron chi connectivity index (χ2n) is 6.03. The molecule has 0 aromatic carbocycles. The first-order valence-electron chi connectivity index (χ1n) is 8.34. The number of thioether (sulfide) groups is 1. The highest BCUT2D eigenvalue weighted by Crippen LogP contribution is 2.28. The van der Waals surface area contributed by atoms with Crippen molar-refractivity contribution in [3.05, 3.63) is 24.2 Å². The van der Waals surface area contributed by atoms with Crippen molar-refractivity contribution in [2.45, 2.75) is 63.3 Å². The molecule has 0 radical (unpaired) electrons. The van der Waals surface area contributed by atoms with Gasteiger partial charge in [-0.3, -0.25) is 4.99 Å². The van der Waals surface area contributed by atoms with Gasteiger partial charge in [-0.15, -0.1) is 24.0 Å². The minimum absolute atomic E-state index is 0. The summed E-state index contributed by atoms with van der Waals surface area (Å²) >= 11 is 1.99. The van der Waals surface area contributed by atoms with E-state index in [0.29, 0.717) is 12.1 Å². The van der Waals surface area contributed by atoms with Gasteiger partial charge in [-0.1, -0.05) is 6.92 Å². The number of aliphatic imine (C=N–C) groups is 1. The van der Waals surface area contributed by atoms with Crippen molar-refractivity contribution in [2.24, 2.45) is 4.99 Å². The zero-order valence-electron chi connectivity index (χ0n) is 14.4. The van der Waals surface area contributed by atoms with Crippen LogP contribution in [0.25, 0.3) is 0 Å². The lowest BCUT2D eigenvalue weighted by Gasteiger charge is -2.21. The van der Waals surface area contributed by atoms with Crippen LogP contribution in [0.2, 0.25) is 0 Å². The van der Waals surface area contributed by atoms with Gasteiger partial charge in [0.1, 0.15) is 5.76 Å². The van der Waals surface area contributed by atoms with Crippen molar-refractivity contribution in [1.82, 2.24) is 10.6 Å². The highest BCUT2D eigenvalue weighted by molar-refractivity contribution is 14.0. The van der Waals surface area contributed by atoms with Crippen LogP contribution in [0.15, 0.2) is 27.8 Å². The van der Waals surface area contributed by atoms with Crippen molar-refractivity contribution in [2.75, 3.05) is 12.8 Å². The summed E-state index contributed by atoms with van der Waals surface area (Å²) in [6.07, 6.45) is 9.66. The molecule has 0 spiro atoms. The molecule has 1 aliphatic carbocycles. The number of hydrogen-bond donors (Lipinski definition) is 2. The average molecular weight is 451 g/mol. The van der Waals surface area contributed by atoms with E-state index in [1.165, 1.54) is 19.3 Å². The number of nitrogens with one attached hydrogen (secondary N) is 2. The highest BCUT2D eigenvalue weighted by atomic mass is 127. The van der Waals surface area contributed by atoms with Crippen molar-refractivity contribution < 1.29 is 4.42 Å². The van der Waals surface area contributed by atoms with Crippen LogP contribution in [-0.4, -0.2) is 36.1 Å². The van der Waals surface area contributed by atoms with E-state index in [1.54, 1.807) is 6.26 Å². The summed E-state index contributed by atoms with van der Waals surface area (Å²) in [6.45, 7) is 5.14. The van der Waals surface area contributed by atoms with E-state index in [1.807, 2.05) is 23.9 Å². The van der Waals surface area contributed by atoms with Gasteiger partial charge in [0.25, 0.3) is 0 Å². The van der Waals surface area contributed by atoms with Gasteiger partial charge in [0.05, 0.1) is 6.26 Å². The summed E-state index contributed by atoms with van der Waals surface area (Å²) in [5.41, 5.74) is 0. The second kappa shape index (κ2) is 11.2. The molecule has 4 nitrogen and oxygen atoms in total. The Morgan fingerprint density at radius 3 is 2.91 bits per heavy atom. The van der Waals surface area contributed by atoms with Crippen molar-refractivity contribution in [3.8, 4) is 0 Å². The molecular weight excluding hydrogens is 421 g/mol. The molecule has 1 saturated carbocycles. The monoisotopic (exact) mass is 451 g/mol. The minimum atomic E-state index is 0. The first kappa shape index (κ1) is 20.7. The van der Waals surface area contributed by atoms with E-state index in [9.17, 15) is 0 Å². The predicted octanol–water partition coefficient (Wildman–Crippen LogP) is 4.06. The summed E-state index contributed by atoms with van der Waals surface area (Å²) in [7, 11) is 0. The second-order valence-corrected chi connectivity index (χ2v) is 7.16. The molecule has 0 bridgehead atoms. The summed E-state index contributed by atoms with van der Waals surface area (Å²) in [4.78, 5) is 4.73. The van der Waals surface area contributed by atoms with Gasteiger partial charge in [0.2, 0.25) is 0 Å². The van der Waals surface area contributed by atoms with Crippen molar-refractivity contribution in [1.29, 1.82) is 0 Å².